The summed E-state index contributed by atoms with van der Waals surface area (Å²) in [5, 5.41) is 3.54. The summed E-state index contributed by atoms with van der Waals surface area (Å²) in [7, 11) is -3.52. The maximum Gasteiger partial charge on any atom is 0.242 e. The van der Waals surface area contributed by atoms with E-state index in [1.165, 1.54) is 6.07 Å². The van der Waals surface area contributed by atoms with Crippen LogP contribution in [0.5, 0.6) is 0 Å². The summed E-state index contributed by atoms with van der Waals surface area (Å²) in [6, 6.07) is 5.24. The number of rotatable bonds is 4. The number of sulfonamides is 1. The molecular formula is C12H18Cl2N2O2S. The molecule has 19 heavy (non-hydrogen) atoms. The number of hydrogen-bond donors (Lipinski definition) is 2. The van der Waals surface area contributed by atoms with Gasteiger partial charge in [-0.25, -0.2) is 13.1 Å². The molecule has 0 bridgehead atoms. The van der Waals surface area contributed by atoms with E-state index < -0.39 is 10.0 Å². The Kier molecular flexibility index (Phi) is 6.08. The molecule has 4 nitrogen and oxygen atoms in total. The molecule has 1 aliphatic rings. The molecule has 1 saturated heterocycles. The van der Waals surface area contributed by atoms with E-state index >= 15 is 0 Å². The van der Waals surface area contributed by atoms with Crippen LogP contribution in [0.25, 0.3) is 0 Å². The molecule has 1 unspecified atom stereocenters. The van der Waals surface area contributed by atoms with Crippen LogP contribution in [0.3, 0.4) is 0 Å². The molecule has 0 spiro atoms. The van der Waals surface area contributed by atoms with Gasteiger partial charge in [0.1, 0.15) is 4.90 Å². The highest BCUT2D eigenvalue weighted by Crippen LogP contribution is 2.24. The van der Waals surface area contributed by atoms with Crippen LogP contribution in [0.4, 0.5) is 0 Å². The van der Waals surface area contributed by atoms with Crippen molar-refractivity contribution >= 4 is 34.0 Å². The Morgan fingerprint density at radius 1 is 1.47 bits per heavy atom. The normalized spacial score (nSPS) is 19.2. The van der Waals surface area contributed by atoms with Crippen molar-refractivity contribution in [2.75, 3.05) is 13.1 Å². The number of halogens is 2. The standard InChI is InChI=1S/C12H17ClN2O2S.ClH/c1-9-4-2-6-11(12(9)13)18(16,17)15-8-10-5-3-7-14-10;/h2,4,6,10,14-15H,3,5,7-8H2,1H3;1H. The average molecular weight is 325 g/mol. The van der Waals surface area contributed by atoms with Gasteiger partial charge in [-0.2, -0.15) is 0 Å². The van der Waals surface area contributed by atoms with E-state index in [9.17, 15) is 8.42 Å². The summed E-state index contributed by atoms with van der Waals surface area (Å²) in [4.78, 5) is 0.155. The van der Waals surface area contributed by atoms with E-state index in [2.05, 4.69) is 10.0 Å². The van der Waals surface area contributed by atoms with Gasteiger partial charge in [-0.05, 0) is 37.9 Å². The summed E-state index contributed by atoms with van der Waals surface area (Å²) in [5.41, 5.74) is 0.763. The van der Waals surface area contributed by atoms with Crippen molar-refractivity contribution in [3.05, 3.63) is 28.8 Å². The molecule has 0 amide bonds. The van der Waals surface area contributed by atoms with Crippen molar-refractivity contribution in [2.24, 2.45) is 0 Å². The van der Waals surface area contributed by atoms with Crippen molar-refractivity contribution in [1.82, 2.24) is 10.0 Å². The van der Waals surface area contributed by atoms with Gasteiger partial charge in [0.15, 0.2) is 0 Å². The molecule has 2 rings (SSSR count). The molecule has 0 aromatic heterocycles. The SMILES string of the molecule is Cc1cccc(S(=O)(=O)NCC2CCCN2)c1Cl.Cl. The summed E-state index contributed by atoms with van der Waals surface area (Å²) in [6.45, 7) is 3.16. The fourth-order valence-corrected chi connectivity index (χ4v) is 3.71. The van der Waals surface area contributed by atoms with E-state index in [0.717, 1.165) is 24.9 Å². The van der Waals surface area contributed by atoms with Gasteiger partial charge in [0.2, 0.25) is 10.0 Å². The summed E-state index contributed by atoms with van der Waals surface area (Å²) in [5.74, 6) is 0. The van der Waals surface area contributed by atoms with E-state index in [-0.39, 0.29) is 23.3 Å². The Balaban J connectivity index is 0.00000180. The topological polar surface area (TPSA) is 58.2 Å². The minimum atomic E-state index is -3.52. The molecule has 0 radical (unpaired) electrons. The lowest BCUT2D eigenvalue weighted by Gasteiger charge is -2.13. The molecule has 108 valence electrons. The lowest BCUT2D eigenvalue weighted by molar-refractivity contribution is 0.552. The van der Waals surface area contributed by atoms with Crippen LogP contribution in [0.2, 0.25) is 5.02 Å². The molecule has 1 aliphatic heterocycles. The van der Waals surface area contributed by atoms with E-state index in [1.54, 1.807) is 19.1 Å². The van der Waals surface area contributed by atoms with Gasteiger partial charge in [-0.15, -0.1) is 12.4 Å². The number of hydrogen-bond acceptors (Lipinski definition) is 3. The van der Waals surface area contributed by atoms with E-state index in [1.807, 2.05) is 0 Å². The molecule has 7 heteroatoms. The highest BCUT2D eigenvalue weighted by molar-refractivity contribution is 7.89. The molecule has 1 aromatic carbocycles. The Bertz CT molecular complexity index is 529. The van der Waals surface area contributed by atoms with Gasteiger partial charge in [0.25, 0.3) is 0 Å². The van der Waals surface area contributed by atoms with Gasteiger partial charge < -0.3 is 5.32 Å². The zero-order chi connectivity index (χ0) is 13.2. The molecule has 2 N–H and O–H groups in total. The van der Waals surface area contributed by atoms with Crippen molar-refractivity contribution in [3.8, 4) is 0 Å². The third-order valence-corrected chi connectivity index (χ3v) is 5.21. The first kappa shape index (κ1) is 16.7. The predicted octanol–water partition coefficient (Wildman–Crippen LogP) is 2.10. The minimum absolute atomic E-state index is 0. The fraction of sp³-hybridized carbons (Fsp3) is 0.500. The lowest BCUT2D eigenvalue weighted by Crippen LogP contribution is -2.37. The highest BCUT2D eigenvalue weighted by Gasteiger charge is 2.21. The molecule has 1 fully saturated rings. The molecule has 1 aromatic rings. The van der Waals surface area contributed by atoms with Gasteiger partial charge >= 0.3 is 0 Å². The lowest BCUT2D eigenvalue weighted by atomic mass is 10.2. The van der Waals surface area contributed by atoms with Crippen LogP contribution in [0, 0.1) is 6.92 Å². The van der Waals surface area contributed by atoms with Gasteiger partial charge in [0.05, 0.1) is 5.02 Å². The second-order valence-corrected chi connectivity index (χ2v) is 6.65. The Hall–Kier alpha value is -0.330. The largest absolute Gasteiger partial charge is 0.313 e. The van der Waals surface area contributed by atoms with Crippen LogP contribution >= 0.6 is 24.0 Å². The van der Waals surface area contributed by atoms with Crippen molar-refractivity contribution in [3.63, 3.8) is 0 Å². The average Bonchev–Trinajstić information content (AvgIpc) is 2.83. The van der Waals surface area contributed by atoms with Gasteiger partial charge in [0, 0.05) is 12.6 Å². The maximum atomic E-state index is 12.1. The van der Waals surface area contributed by atoms with Crippen molar-refractivity contribution in [1.29, 1.82) is 0 Å². The third kappa shape index (κ3) is 4.07. The Morgan fingerprint density at radius 2 is 2.21 bits per heavy atom. The number of benzene rings is 1. The van der Waals surface area contributed by atoms with Crippen LogP contribution in [-0.4, -0.2) is 27.5 Å². The first-order chi connectivity index (χ1) is 8.50. The number of aryl methyl sites for hydroxylation is 1. The second kappa shape index (κ2) is 6.90. The van der Waals surface area contributed by atoms with E-state index in [4.69, 9.17) is 11.6 Å². The summed E-state index contributed by atoms with van der Waals surface area (Å²) >= 11 is 6.04. The molecule has 0 saturated carbocycles. The highest BCUT2D eigenvalue weighted by atomic mass is 35.5. The van der Waals surface area contributed by atoms with Crippen molar-refractivity contribution in [2.45, 2.75) is 30.7 Å². The molecule has 1 atom stereocenters. The van der Waals surface area contributed by atoms with Gasteiger partial charge in [-0.1, -0.05) is 23.7 Å². The molecule has 0 aliphatic carbocycles. The summed E-state index contributed by atoms with van der Waals surface area (Å²) in [6.07, 6.45) is 2.10. The van der Waals surface area contributed by atoms with Crippen LogP contribution in [-0.2, 0) is 10.0 Å². The van der Waals surface area contributed by atoms with Gasteiger partial charge in [-0.3, -0.25) is 0 Å². The smallest absolute Gasteiger partial charge is 0.242 e. The Labute approximate surface area is 125 Å². The minimum Gasteiger partial charge on any atom is -0.313 e. The monoisotopic (exact) mass is 324 g/mol. The zero-order valence-electron chi connectivity index (χ0n) is 10.6. The first-order valence-electron chi connectivity index (χ1n) is 5.99. The maximum absolute atomic E-state index is 12.1. The fourth-order valence-electron chi connectivity index (χ4n) is 2.05. The second-order valence-electron chi connectivity index (χ2n) is 4.53. The molecular weight excluding hydrogens is 307 g/mol. The number of nitrogens with one attached hydrogen (secondary N) is 2. The van der Waals surface area contributed by atoms with E-state index in [0.29, 0.717) is 11.6 Å². The van der Waals surface area contributed by atoms with Crippen LogP contribution < -0.4 is 10.0 Å². The van der Waals surface area contributed by atoms with Crippen LogP contribution in [0.15, 0.2) is 23.1 Å². The third-order valence-electron chi connectivity index (χ3n) is 3.13. The quantitative estimate of drug-likeness (QED) is 0.891. The van der Waals surface area contributed by atoms with Crippen molar-refractivity contribution < 1.29 is 8.42 Å². The molecule has 1 heterocycles. The zero-order valence-corrected chi connectivity index (χ0v) is 13.0. The predicted molar refractivity (Wildman–Crippen MR) is 79.7 cm³/mol. The van der Waals surface area contributed by atoms with Crippen LogP contribution in [0.1, 0.15) is 18.4 Å². The Morgan fingerprint density at radius 3 is 2.84 bits per heavy atom. The summed E-state index contributed by atoms with van der Waals surface area (Å²) < 4.78 is 26.9. The first-order valence-corrected chi connectivity index (χ1v) is 7.85.